The predicted molar refractivity (Wildman–Crippen MR) is 80.1 cm³/mol. The molecule has 0 saturated heterocycles. The highest BCUT2D eigenvalue weighted by Crippen LogP contribution is 2.30. The highest BCUT2D eigenvalue weighted by atomic mass is 16.6. The van der Waals surface area contributed by atoms with Crippen molar-refractivity contribution in [1.29, 1.82) is 0 Å². The summed E-state index contributed by atoms with van der Waals surface area (Å²) in [7, 11) is 0. The number of hydrogen-bond donors (Lipinski definition) is 2. The number of carbonyl (C=O) groups excluding carboxylic acids is 1. The van der Waals surface area contributed by atoms with E-state index < -0.39 is 0 Å². The van der Waals surface area contributed by atoms with Gasteiger partial charge in [0.2, 0.25) is 0 Å². The van der Waals surface area contributed by atoms with E-state index in [-0.39, 0.29) is 6.03 Å². The van der Waals surface area contributed by atoms with Gasteiger partial charge < -0.3 is 24.5 Å². The first-order valence-electron chi connectivity index (χ1n) is 7.24. The van der Waals surface area contributed by atoms with Gasteiger partial charge in [0.1, 0.15) is 19.0 Å². The number of amides is 2. The van der Waals surface area contributed by atoms with Crippen molar-refractivity contribution in [3.63, 3.8) is 0 Å². The molecule has 2 heterocycles. The van der Waals surface area contributed by atoms with Crippen LogP contribution in [0, 0.1) is 0 Å². The van der Waals surface area contributed by atoms with Gasteiger partial charge in [-0.3, -0.25) is 0 Å². The second-order valence-electron chi connectivity index (χ2n) is 4.92. The lowest BCUT2D eigenvalue weighted by molar-refractivity contribution is 0.171. The molecule has 0 atom stereocenters. The van der Waals surface area contributed by atoms with Crippen molar-refractivity contribution < 1.29 is 18.7 Å². The maximum absolute atomic E-state index is 11.7. The summed E-state index contributed by atoms with van der Waals surface area (Å²) in [5.41, 5.74) is 1.09. The van der Waals surface area contributed by atoms with E-state index in [1.807, 2.05) is 24.3 Å². The Morgan fingerprint density at radius 3 is 2.77 bits per heavy atom. The van der Waals surface area contributed by atoms with Crippen LogP contribution in [0.1, 0.15) is 11.3 Å². The van der Waals surface area contributed by atoms with Gasteiger partial charge in [-0.2, -0.15) is 0 Å². The van der Waals surface area contributed by atoms with Crippen molar-refractivity contribution >= 4 is 6.03 Å². The van der Waals surface area contributed by atoms with Gasteiger partial charge in [0.05, 0.1) is 12.8 Å². The molecule has 0 radical (unpaired) electrons. The van der Waals surface area contributed by atoms with Crippen LogP contribution in [-0.2, 0) is 13.0 Å². The van der Waals surface area contributed by atoms with Crippen molar-refractivity contribution in [2.75, 3.05) is 19.8 Å². The van der Waals surface area contributed by atoms with E-state index in [9.17, 15) is 4.79 Å². The topological polar surface area (TPSA) is 72.7 Å². The largest absolute Gasteiger partial charge is 0.486 e. The maximum atomic E-state index is 11.7. The molecular weight excluding hydrogens is 284 g/mol. The lowest BCUT2D eigenvalue weighted by atomic mass is 10.1. The van der Waals surface area contributed by atoms with Gasteiger partial charge in [0.25, 0.3) is 0 Å². The number of urea groups is 1. The highest BCUT2D eigenvalue weighted by molar-refractivity contribution is 5.73. The van der Waals surface area contributed by atoms with E-state index in [1.165, 1.54) is 0 Å². The molecule has 0 bridgehead atoms. The maximum Gasteiger partial charge on any atom is 0.315 e. The summed E-state index contributed by atoms with van der Waals surface area (Å²) in [6.45, 7) is 2.08. The third-order valence-corrected chi connectivity index (χ3v) is 3.31. The Bertz CT molecular complexity index is 625. The van der Waals surface area contributed by atoms with Crippen LogP contribution in [0.5, 0.6) is 11.5 Å². The number of nitrogens with one attached hydrogen (secondary N) is 2. The second-order valence-corrected chi connectivity index (χ2v) is 4.92. The molecule has 0 unspecified atom stereocenters. The summed E-state index contributed by atoms with van der Waals surface area (Å²) >= 11 is 0. The minimum absolute atomic E-state index is 0.214. The van der Waals surface area contributed by atoms with Crippen molar-refractivity contribution in [3.8, 4) is 11.5 Å². The standard InChI is InChI=1S/C16H18N2O4/c19-16(18-11-13-2-1-7-20-13)17-6-5-12-3-4-14-15(10-12)22-9-8-21-14/h1-4,7,10H,5-6,8-9,11H2,(H2,17,18,19). The first-order chi connectivity index (χ1) is 10.8. The molecule has 0 spiro atoms. The molecule has 1 aromatic carbocycles. The number of furan rings is 1. The van der Waals surface area contributed by atoms with E-state index >= 15 is 0 Å². The fourth-order valence-corrected chi connectivity index (χ4v) is 2.21. The fourth-order valence-electron chi connectivity index (χ4n) is 2.21. The minimum Gasteiger partial charge on any atom is -0.486 e. The van der Waals surface area contributed by atoms with Gasteiger partial charge in [0, 0.05) is 6.54 Å². The summed E-state index contributed by atoms with van der Waals surface area (Å²) in [6.07, 6.45) is 2.31. The number of rotatable bonds is 5. The van der Waals surface area contributed by atoms with Crippen molar-refractivity contribution in [1.82, 2.24) is 10.6 Å². The van der Waals surface area contributed by atoms with Crippen molar-refractivity contribution in [3.05, 3.63) is 47.9 Å². The summed E-state index contributed by atoms with van der Waals surface area (Å²) in [5, 5.41) is 5.54. The first kappa shape index (κ1) is 14.3. The number of benzene rings is 1. The Morgan fingerprint density at radius 1 is 1.09 bits per heavy atom. The summed E-state index contributed by atoms with van der Waals surface area (Å²) in [4.78, 5) is 11.7. The molecule has 0 aliphatic carbocycles. The Morgan fingerprint density at radius 2 is 1.95 bits per heavy atom. The van der Waals surface area contributed by atoms with E-state index in [0.717, 1.165) is 29.2 Å². The highest BCUT2D eigenvalue weighted by Gasteiger charge is 2.11. The Balaban J connectivity index is 1.41. The number of ether oxygens (including phenoxy) is 2. The zero-order valence-electron chi connectivity index (χ0n) is 12.1. The third-order valence-electron chi connectivity index (χ3n) is 3.31. The van der Waals surface area contributed by atoms with Gasteiger partial charge in [-0.15, -0.1) is 0 Å². The molecule has 6 heteroatoms. The van der Waals surface area contributed by atoms with Crippen LogP contribution in [0.15, 0.2) is 41.0 Å². The minimum atomic E-state index is -0.214. The van der Waals surface area contributed by atoms with Gasteiger partial charge in [-0.1, -0.05) is 6.07 Å². The molecular formula is C16H18N2O4. The Labute approximate surface area is 128 Å². The van der Waals surface area contributed by atoms with Crippen molar-refractivity contribution in [2.45, 2.75) is 13.0 Å². The number of fused-ring (bicyclic) bond motifs is 1. The van der Waals surface area contributed by atoms with Crippen LogP contribution in [0.2, 0.25) is 0 Å². The molecule has 22 heavy (non-hydrogen) atoms. The quantitative estimate of drug-likeness (QED) is 0.887. The molecule has 0 saturated carbocycles. The number of carbonyl (C=O) groups is 1. The van der Waals surface area contributed by atoms with Gasteiger partial charge >= 0.3 is 6.03 Å². The Hall–Kier alpha value is -2.63. The van der Waals surface area contributed by atoms with Crippen LogP contribution in [0.4, 0.5) is 4.79 Å². The average Bonchev–Trinajstić information content (AvgIpc) is 3.06. The zero-order chi connectivity index (χ0) is 15.2. The lowest BCUT2D eigenvalue weighted by Gasteiger charge is -2.18. The molecule has 1 aliphatic rings. The predicted octanol–water partition coefficient (Wildman–Crippen LogP) is 2.09. The van der Waals surface area contributed by atoms with Gasteiger partial charge in [-0.25, -0.2) is 4.79 Å². The molecule has 0 fully saturated rings. The lowest BCUT2D eigenvalue weighted by Crippen LogP contribution is -2.36. The average molecular weight is 302 g/mol. The molecule has 1 aromatic heterocycles. The number of hydrogen-bond acceptors (Lipinski definition) is 4. The van der Waals surface area contributed by atoms with E-state index in [0.29, 0.717) is 26.3 Å². The van der Waals surface area contributed by atoms with Crippen LogP contribution in [-0.4, -0.2) is 25.8 Å². The SMILES string of the molecule is O=C(NCCc1ccc2c(c1)OCCO2)NCc1ccco1. The van der Waals surface area contributed by atoms with E-state index in [2.05, 4.69) is 10.6 Å². The van der Waals surface area contributed by atoms with Crippen LogP contribution in [0.25, 0.3) is 0 Å². The zero-order valence-corrected chi connectivity index (χ0v) is 12.1. The monoisotopic (exact) mass is 302 g/mol. The molecule has 2 N–H and O–H groups in total. The first-order valence-corrected chi connectivity index (χ1v) is 7.24. The molecule has 6 nitrogen and oxygen atoms in total. The molecule has 3 rings (SSSR count). The smallest absolute Gasteiger partial charge is 0.315 e. The summed E-state index contributed by atoms with van der Waals surface area (Å²) in [5.74, 6) is 2.27. The summed E-state index contributed by atoms with van der Waals surface area (Å²) < 4.78 is 16.2. The molecule has 2 aromatic rings. The van der Waals surface area contributed by atoms with Crippen LogP contribution >= 0.6 is 0 Å². The molecule has 2 amide bonds. The summed E-state index contributed by atoms with van der Waals surface area (Å²) in [6, 6.07) is 9.23. The third kappa shape index (κ3) is 3.72. The van der Waals surface area contributed by atoms with E-state index in [4.69, 9.17) is 13.9 Å². The normalized spacial score (nSPS) is 12.7. The molecule has 1 aliphatic heterocycles. The van der Waals surface area contributed by atoms with Crippen molar-refractivity contribution in [2.24, 2.45) is 0 Å². The van der Waals surface area contributed by atoms with Gasteiger partial charge in [-0.05, 0) is 36.2 Å². The Kier molecular flexibility index (Phi) is 4.48. The molecule has 116 valence electrons. The van der Waals surface area contributed by atoms with Crippen LogP contribution < -0.4 is 20.1 Å². The second kappa shape index (κ2) is 6.89. The van der Waals surface area contributed by atoms with E-state index in [1.54, 1.807) is 12.3 Å². The fraction of sp³-hybridized carbons (Fsp3) is 0.312. The van der Waals surface area contributed by atoms with Crippen LogP contribution in [0.3, 0.4) is 0 Å². The van der Waals surface area contributed by atoms with Gasteiger partial charge in [0.15, 0.2) is 11.5 Å².